The van der Waals surface area contributed by atoms with Crippen molar-refractivity contribution in [2.24, 2.45) is 0 Å². The molecule has 0 saturated heterocycles. The van der Waals surface area contributed by atoms with Crippen LogP contribution in [0, 0.1) is 11.3 Å². The summed E-state index contributed by atoms with van der Waals surface area (Å²) in [6.45, 7) is 1.94. The van der Waals surface area contributed by atoms with Crippen LogP contribution < -0.4 is 16.4 Å². The number of nitrogen functional groups attached to an aromatic ring is 1. The summed E-state index contributed by atoms with van der Waals surface area (Å²) in [5.41, 5.74) is 6.90. The third-order valence-corrected chi connectivity index (χ3v) is 3.75. The van der Waals surface area contributed by atoms with Gasteiger partial charge in [0.25, 0.3) is 5.91 Å². The van der Waals surface area contributed by atoms with Gasteiger partial charge in [-0.15, -0.1) is 0 Å². The number of halogens is 1. The average molecular weight is 385 g/mol. The summed E-state index contributed by atoms with van der Waals surface area (Å²) < 4.78 is 4.98. The van der Waals surface area contributed by atoms with Gasteiger partial charge in [0.15, 0.2) is 0 Å². The molecule has 0 atom stereocenters. The number of amides is 1. The van der Waals surface area contributed by atoms with Crippen molar-refractivity contribution >= 4 is 40.5 Å². The number of rotatable bonds is 6. The number of para-hydroxylation sites is 1. The number of carbonyl (C=O) groups is 2. The van der Waals surface area contributed by atoms with Gasteiger partial charge in [-0.3, -0.25) is 4.79 Å². The molecule has 2 aromatic carbocycles. The van der Waals surface area contributed by atoms with Crippen molar-refractivity contribution in [3.05, 3.63) is 64.8 Å². The van der Waals surface area contributed by atoms with Crippen molar-refractivity contribution in [3.8, 4) is 6.07 Å². The third kappa shape index (κ3) is 5.23. The van der Waals surface area contributed by atoms with E-state index in [1.54, 1.807) is 49.4 Å². The molecule has 138 valence electrons. The molecule has 0 fully saturated rings. The normalized spacial score (nSPS) is 10.6. The predicted molar refractivity (Wildman–Crippen MR) is 104 cm³/mol. The first-order valence-electron chi connectivity index (χ1n) is 7.95. The quantitative estimate of drug-likeness (QED) is 0.303. The number of benzene rings is 2. The third-order valence-electron chi connectivity index (χ3n) is 3.42. The number of nitrogens with one attached hydrogen (secondary N) is 2. The molecule has 0 aliphatic carbocycles. The number of esters is 1. The Bertz CT molecular complexity index is 935. The van der Waals surface area contributed by atoms with E-state index in [1.165, 1.54) is 12.3 Å². The maximum atomic E-state index is 12.3. The lowest BCUT2D eigenvalue weighted by Crippen LogP contribution is -2.15. The van der Waals surface area contributed by atoms with Gasteiger partial charge in [0.05, 0.1) is 28.6 Å². The van der Waals surface area contributed by atoms with Crippen LogP contribution in [0.25, 0.3) is 0 Å². The molecular formula is C19H17ClN4O3. The first-order valence-corrected chi connectivity index (χ1v) is 8.33. The number of ether oxygens (including phenoxy) is 1. The molecule has 2 rings (SSSR count). The number of nitrogens with zero attached hydrogens (tertiary/aromatic N) is 1. The Balaban J connectivity index is 2.17. The highest BCUT2D eigenvalue weighted by Gasteiger charge is 2.13. The molecule has 0 bridgehead atoms. The van der Waals surface area contributed by atoms with Gasteiger partial charge in [0.2, 0.25) is 0 Å². The number of hydrogen-bond acceptors (Lipinski definition) is 6. The molecule has 0 saturated carbocycles. The Morgan fingerprint density at radius 1 is 1.30 bits per heavy atom. The lowest BCUT2D eigenvalue weighted by Gasteiger charge is -2.09. The summed E-state index contributed by atoms with van der Waals surface area (Å²) in [6.07, 6.45) is 1.21. The molecule has 0 heterocycles. The van der Waals surface area contributed by atoms with Crippen LogP contribution in [0.5, 0.6) is 0 Å². The van der Waals surface area contributed by atoms with Crippen LogP contribution in [0.1, 0.15) is 17.3 Å². The summed E-state index contributed by atoms with van der Waals surface area (Å²) in [6, 6.07) is 13.0. The van der Waals surface area contributed by atoms with Crippen molar-refractivity contribution in [3.63, 3.8) is 0 Å². The highest BCUT2D eigenvalue weighted by molar-refractivity contribution is 6.33. The smallest absolute Gasteiger partial charge is 0.340 e. The first kappa shape index (κ1) is 19.8. The Morgan fingerprint density at radius 2 is 2.04 bits per heavy atom. The van der Waals surface area contributed by atoms with Crippen LogP contribution >= 0.6 is 11.6 Å². The number of anilines is 3. The van der Waals surface area contributed by atoms with Crippen molar-refractivity contribution < 1.29 is 14.3 Å². The number of hydrogen-bond donors (Lipinski definition) is 3. The van der Waals surface area contributed by atoms with Crippen molar-refractivity contribution in [2.45, 2.75) is 6.92 Å². The molecule has 4 N–H and O–H groups in total. The zero-order chi connectivity index (χ0) is 19.8. The van der Waals surface area contributed by atoms with Gasteiger partial charge < -0.3 is 21.1 Å². The van der Waals surface area contributed by atoms with Gasteiger partial charge in [0.1, 0.15) is 11.6 Å². The fourth-order valence-corrected chi connectivity index (χ4v) is 2.28. The van der Waals surface area contributed by atoms with Gasteiger partial charge in [0, 0.05) is 11.9 Å². The van der Waals surface area contributed by atoms with Crippen LogP contribution in [-0.4, -0.2) is 18.5 Å². The van der Waals surface area contributed by atoms with Gasteiger partial charge in [-0.2, -0.15) is 5.26 Å². The number of carbonyl (C=O) groups excluding carboxylic acids is 2. The fraction of sp³-hybridized carbons (Fsp3) is 0.105. The standard InChI is InChI=1S/C19H17ClN4O3/c1-2-27-19(26)14-5-3-4-6-17(14)23-11-12(10-21)18(25)24-13-7-8-16(22)15(20)9-13/h3-9,11,23H,2,22H2,1H3,(H,24,25)/b12-11-. The minimum atomic E-state index is -0.639. The summed E-state index contributed by atoms with van der Waals surface area (Å²) >= 11 is 5.91. The van der Waals surface area contributed by atoms with Crippen LogP contribution in [-0.2, 0) is 9.53 Å². The highest BCUT2D eigenvalue weighted by atomic mass is 35.5. The zero-order valence-corrected chi connectivity index (χ0v) is 15.2. The van der Waals surface area contributed by atoms with Gasteiger partial charge >= 0.3 is 5.97 Å². The summed E-state index contributed by atoms with van der Waals surface area (Å²) in [5, 5.41) is 14.9. The zero-order valence-electron chi connectivity index (χ0n) is 14.5. The first-order chi connectivity index (χ1) is 13.0. The molecule has 0 radical (unpaired) electrons. The topological polar surface area (TPSA) is 117 Å². The van der Waals surface area contributed by atoms with E-state index in [0.29, 0.717) is 22.6 Å². The summed E-state index contributed by atoms with van der Waals surface area (Å²) in [4.78, 5) is 24.2. The molecular weight excluding hydrogens is 368 g/mol. The van der Waals surface area contributed by atoms with E-state index in [2.05, 4.69) is 10.6 Å². The summed E-state index contributed by atoms with van der Waals surface area (Å²) in [5.74, 6) is -1.15. The molecule has 1 amide bonds. The number of nitrogens with two attached hydrogens (primary N) is 1. The van der Waals surface area contributed by atoms with Crippen LogP contribution in [0.3, 0.4) is 0 Å². The minimum absolute atomic E-state index is 0.193. The van der Waals surface area contributed by atoms with Gasteiger partial charge in [-0.05, 0) is 37.3 Å². The van der Waals surface area contributed by atoms with E-state index < -0.39 is 11.9 Å². The predicted octanol–water partition coefficient (Wildman–Crippen LogP) is 3.56. The molecule has 2 aromatic rings. The van der Waals surface area contributed by atoms with Crippen LogP contribution in [0.4, 0.5) is 17.1 Å². The van der Waals surface area contributed by atoms with E-state index in [9.17, 15) is 14.9 Å². The molecule has 8 heteroatoms. The highest BCUT2D eigenvalue weighted by Crippen LogP contribution is 2.23. The minimum Gasteiger partial charge on any atom is -0.462 e. The lowest BCUT2D eigenvalue weighted by molar-refractivity contribution is -0.112. The van der Waals surface area contributed by atoms with Crippen LogP contribution in [0.15, 0.2) is 54.2 Å². The average Bonchev–Trinajstić information content (AvgIpc) is 2.65. The van der Waals surface area contributed by atoms with E-state index in [0.717, 1.165) is 0 Å². The summed E-state index contributed by atoms with van der Waals surface area (Å²) in [7, 11) is 0. The van der Waals surface area contributed by atoms with Gasteiger partial charge in [-0.1, -0.05) is 23.7 Å². The van der Waals surface area contributed by atoms with E-state index in [1.807, 2.05) is 0 Å². The fourth-order valence-electron chi connectivity index (χ4n) is 2.10. The largest absolute Gasteiger partial charge is 0.462 e. The second-order valence-corrected chi connectivity index (χ2v) is 5.68. The van der Waals surface area contributed by atoms with Crippen molar-refractivity contribution in [1.82, 2.24) is 0 Å². The molecule has 27 heavy (non-hydrogen) atoms. The molecule has 0 spiro atoms. The SMILES string of the molecule is CCOC(=O)c1ccccc1N/C=C(/C#N)C(=O)Nc1ccc(N)c(Cl)c1. The molecule has 7 nitrogen and oxygen atoms in total. The maximum absolute atomic E-state index is 12.3. The Kier molecular flexibility index (Phi) is 6.80. The molecule has 0 unspecified atom stereocenters. The van der Waals surface area contributed by atoms with E-state index in [4.69, 9.17) is 22.1 Å². The molecule has 0 aliphatic heterocycles. The van der Waals surface area contributed by atoms with Crippen molar-refractivity contribution in [1.29, 1.82) is 5.26 Å². The van der Waals surface area contributed by atoms with E-state index >= 15 is 0 Å². The maximum Gasteiger partial charge on any atom is 0.340 e. The molecule has 0 aliphatic rings. The monoisotopic (exact) mass is 384 g/mol. The van der Waals surface area contributed by atoms with Crippen LogP contribution in [0.2, 0.25) is 5.02 Å². The Hall–Kier alpha value is -3.50. The lowest BCUT2D eigenvalue weighted by atomic mass is 10.1. The second-order valence-electron chi connectivity index (χ2n) is 5.27. The molecule has 0 aromatic heterocycles. The number of nitriles is 1. The van der Waals surface area contributed by atoms with E-state index in [-0.39, 0.29) is 17.2 Å². The van der Waals surface area contributed by atoms with Gasteiger partial charge in [-0.25, -0.2) is 4.79 Å². The van der Waals surface area contributed by atoms with Crippen molar-refractivity contribution in [2.75, 3.05) is 23.0 Å². The Labute approximate surface area is 161 Å². The Morgan fingerprint density at radius 3 is 2.70 bits per heavy atom. The second kappa shape index (κ2) is 9.27.